The highest BCUT2D eigenvalue weighted by atomic mass is 14.5. The van der Waals surface area contributed by atoms with Crippen molar-refractivity contribution < 1.29 is 0 Å². The molecule has 2 aliphatic rings. The van der Waals surface area contributed by atoms with Crippen molar-refractivity contribution in [3.63, 3.8) is 0 Å². The molecular weight excluding hydrogens is 757 g/mol. The number of fused-ring (bicyclic) bond motifs is 17. The standard InChI is InChI=1S/C63H38/c1-3-22-43-39(17-1)19-16-32-44(43)41-20-15-21-42(37-41)59-50-28-7-9-30-52(50)60(53-31-10-8-29-51(53)59)55-38-58-61(49-27-6-5-24-46(49)55)54-36-35-40-18-2-4-23-45(40)62(54)63(58)56-33-13-11-25-47(56)48-26-12-14-34-57(48)63/h1-38H. The first-order valence-corrected chi connectivity index (χ1v) is 22.1. The van der Waals surface area contributed by atoms with Gasteiger partial charge in [0.15, 0.2) is 0 Å². The van der Waals surface area contributed by atoms with E-state index in [1.54, 1.807) is 0 Å². The van der Waals surface area contributed by atoms with Crippen LogP contribution in [-0.4, -0.2) is 0 Å². The summed E-state index contributed by atoms with van der Waals surface area (Å²) in [5.41, 5.74) is 17.8. The lowest BCUT2D eigenvalue weighted by atomic mass is 9.68. The van der Waals surface area contributed by atoms with Crippen molar-refractivity contribution in [2.75, 3.05) is 0 Å². The Morgan fingerprint density at radius 2 is 0.683 bits per heavy atom. The van der Waals surface area contributed by atoms with Gasteiger partial charge in [0, 0.05) is 0 Å². The molecule has 0 bridgehead atoms. The zero-order valence-corrected chi connectivity index (χ0v) is 34.4. The smallest absolute Gasteiger partial charge is 0.0619 e. The molecule has 0 heterocycles. The van der Waals surface area contributed by atoms with Crippen LogP contribution in [0.15, 0.2) is 231 Å². The molecule has 0 heteroatoms. The summed E-state index contributed by atoms with van der Waals surface area (Å²) < 4.78 is 0. The minimum Gasteiger partial charge on any atom is -0.0619 e. The zero-order valence-electron chi connectivity index (χ0n) is 34.4. The van der Waals surface area contributed by atoms with Gasteiger partial charge < -0.3 is 0 Å². The lowest BCUT2D eigenvalue weighted by Crippen LogP contribution is -2.26. The molecule has 63 heavy (non-hydrogen) atoms. The first-order chi connectivity index (χ1) is 31.3. The summed E-state index contributed by atoms with van der Waals surface area (Å²) in [4.78, 5) is 0. The van der Waals surface area contributed by atoms with Gasteiger partial charge in [-0.3, -0.25) is 0 Å². The van der Waals surface area contributed by atoms with E-state index in [0.717, 1.165) is 0 Å². The van der Waals surface area contributed by atoms with Crippen molar-refractivity contribution in [2.45, 2.75) is 5.41 Å². The SMILES string of the molecule is c1cc(-c2cccc3ccccc23)cc(-c2c3ccccc3c(-c3cc4c(c5ccccc35)-c3ccc5ccccc5c3C43c4ccccc4-c4ccccc43)c3ccccc23)c1. The van der Waals surface area contributed by atoms with E-state index in [4.69, 9.17) is 0 Å². The van der Waals surface area contributed by atoms with E-state index in [1.807, 2.05) is 0 Å². The third-order valence-corrected chi connectivity index (χ3v) is 14.4. The monoisotopic (exact) mass is 794 g/mol. The number of hydrogen-bond acceptors (Lipinski definition) is 0. The summed E-state index contributed by atoms with van der Waals surface area (Å²) >= 11 is 0. The Hall–Kier alpha value is -8.06. The first kappa shape index (κ1) is 34.6. The highest BCUT2D eigenvalue weighted by Crippen LogP contribution is 2.66. The lowest BCUT2D eigenvalue weighted by Gasteiger charge is -2.32. The summed E-state index contributed by atoms with van der Waals surface area (Å²) in [6, 6.07) is 86.8. The van der Waals surface area contributed by atoms with Gasteiger partial charge in [0.25, 0.3) is 0 Å². The van der Waals surface area contributed by atoms with Crippen LogP contribution in [0.2, 0.25) is 0 Å². The van der Waals surface area contributed by atoms with Crippen molar-refractivity contribution in [2.24, 2.45) is 0 Å². The maximum absolute atomic E-state index is 2.61. The quantitative estimate of drug-likeness (QED) is 0.156. The summed E-state index contributed by atoms with van der Waals surface area (Å²) in [6.07, 6.45) is 0. The van der Waals surface area contributed by atoms with Crippen LogP contribution in [0.4, 0.5) is 0 Å². The van der Waals surface area contributed by atoms with Gasteiger partial charge in [0.1, 0.15) is 0 Å². The van der Waals surface area contributed by atoms with E-state index in [9.17, 15) is 0 Å². The molecule has 2 aliphatic carbocycles. The topological polar surface area (TPSA) is 0 Å². The van der Waals surface area contributed by atoms with Crippen molar-refractivity contribution >= 4 is 53.9 Å². The second-order valence-corrected chi connectivity index (χ2v) is 17.4. The van der Waals surface area contributed by atoms with Crippen molar-refractivity contribution in [1.82, 2.24) is 0 Å². The largest absolute Gasteiger partial charge is 0.0731 e. The van der Waals surface area contributed by atoms with Crippen LogP contribution in [0, 0.1) is 0 Å². The lowest BCUT2D eigenvalue weighted by molar-refractivity contribution is 0.802. The number of hydrogen-bond donors (Lipinski definition) is 0. The maximum atomic E-state index is 2.61. The van der Waals surface area contributed by atoms with E-state index < -0.39 is 5.41 Å². The van der Waals surface area contributed by atoms with Gasteiger partial charge in [0.05, 0.1) is 5.41 Å². The number of rotatable bonds is 3. The highest BCUT2D eigenvalue weighted by Gasteiger charge is 2.53. The zero-order chi connectivity index (χ0) is 41.2. The molecule has 0 atom stereocenters. The van der Waals surface area contributed by atoms with Crippen LogP contribution in [0.1, 0.15) is 22.3 Å². The molecule has 0 unspecified atom stereocenters. The Labute approximate surface area is 366 Å². The van der Waals surface area contributed by atoms with Gasteiger partial charge >= 0.3 is 0 Å². The fourth-order valence-corrected chi connectivity index (χ4v) is 12.0. The normalized spacial score (nSPS) is 13.2. The highest BCUT2D eigenvalue weighted by molar-refractivity contribution is 6.25. The van der Waals surface area contributed by atoms with E-state index in [1.165, 1.54) is 132 Å². The van der Waals surface area contributed by atoms with E-state index in [0.29, 0.717) is 0 Å². The molecule has 0 nitrogen and oxygen atoms in total. The predicted octanol–water partition coefficient (Wildman–Crippen LogP) is 16.8. The molecule has 0 aromatic heterocycles. The fourth-order valence-electron chi connectivity index (χ4n) is 12.0. The summed E-state index contributed by atoms with van der Waals surface area (Å²) in [6.45, 7) is 0. The Morgan fingerprint density at radius 1 is 0.222 bits per heavy atom. The van der Waals surface area contributed by atoms with Crippen molar-refractivity contribution in [1.29, 1.82) is 0 Å². The summed E-state index contributed by atoms with van der Waals surface area (Å²) in [5, 5.41) is 12.7. The van der Waals surface area contributed by atoms with Gasteiger partial charge in [-0.05, 0) is 144 Å². The Kier molecular flexibility index (Phi) is 7.13. The molecule has 1 spiro atoms. The minimum absolute atomic E-state index is 0.509. The average molecular weight is 795 g/mol. The van der Waals surface area contributed by atoms with Gasteiger partial charge in [-0.15, -0.1) is 0 Å². The van der Waals surface area contributed by atoms with Crippen LogP contribution in [0.25, 0.3) is 109 Å². The van der Waals surface area contributed by atoms with E-state index in [2.05, 4.69) is 231 Å². The summed E-state index contributed by atoms with van der Waals surface area (Å²) in [7, 11) is 0. The van der Waals surface area contributed by atoms with Crippen molar-refractivity contribution in [3.8, 4) is 55.6 Å². The molecule has 0 amide bonds. The van der Waals surface area contributed by atoms with E-state index >= 15 is 0 Å². The van der Waals surface area contributed by atoms with Gasteiger partial charge in [0.2, 0.25) is 0 Å². The van der Waals surface area contributed by atoms with Crippen LogP contribution in [0.3, 0.4) is 0 Å². The molecule has 290 valence electrons. The van der Waals surface area contributed by atoms with Gasteiger partial charge in [-0.25, -0.2) is 0 Å². The Morgan fingerprint density at radius 3 is 1.35 bits per heavy atom. The Balaban J connectivity index is 1.11. The van der Waals surface area contributed by atoms with E-state index in [-0.39, 0.29) is 0 Å². The molecule has 0 aliphatic heterocycles. The van der Waals surface area contributed by atoms with Gasteiger partial charge in [-0.1, -0.05) is 218 Å². The third kappa shape index (κ3) is 4.60. The molecule has 0 saturated carbocycles. The summed E-state index contributed by atoms with van der Waals surface area (Å²) in [5.74, 6) is 0. The third-order valence-electron chi connectivity index (χ3n) is 14.4. The molecule has 12 aromatic carbocycles. The fraction of sp³-hybridized carbons (Fsp3) is 0.0159. The molecule has 0 fully saturated rings. The molecule has 12 aromatic rings. The second-order valence-electron chi connectivity index (χ2n) is 17.4. The van der Waals surface area contributed by atoms with Crippen LogP contribution < -0.4 is 0 Å². The molecule has 14 rings (SSSR count). The first-order valence-electron chi connectivity index (χ1n) is 22.1. The average Bonchev–Trinajstić information content (AvgIpc) is 3.83. The second kappa shape index (κ2) is 13.0. The number of benzene rings is 12. The molecule has 0 N–H and O–H groups in total. The van der Waals surface area contributed by atoms with Crippen LogP contribution in [-0.2, 0) is 5.41 Å². The van der Waals surface area contributed by atoms with Crippen molar-refractivity contribution in [3.05, 3.63) is 253 Å². The van der Waals surface area contributed by atoms with Crippen LogP contribution in [0.5, 0.6) is 0 Å². The Bertz CT molecular complexity index is 3810. The molecule has 0 radical (unpaired) electrons. The minimum atomic E-state index is -0.509. The molecule has 0 saturated heterocycles. The van der Waals surface area contributed by atoms with Crippen LogP contribution >= 0.6 is 0 Å². The van der Waals surface area contributed by atoms with Gasteiger partial charge in [-0.2, -0.15) is 0 Å². The maximum Gasteiger partial charge on any atom is 0.0731 e. The predicted molar refractivity (Wildman–Crippen MR) is 267 cm³/mol. The molecular formula is C63H38.